The number of hydrogen-bond acceptors (Lipinski definition) is 3. The Bertz CT molecular complexity index is 388. The summed E-state index contributed by atoms with van der Waals surface area (Å²) in [5, 5.41) is 3.40. The van der Waals surface area contributed by atoms with Crippen LogP contribution in [0.5, 0.6) is 0 Å². The minimum absolute atomic E-state index is 0.00338. The minimum atomic E-state index is -0.774. The smallest absolute Gasteiger partial charge is 0.403 e. The number of nitrogens with one attached hydrogen (secondary N) is 1. The molecule has 1 aliphatic carbocycles. The fourth-order valence-electron chi connectivity index (χ4n) is 3.70. The second kappa shape index (κ2) is 6.06. The van der Waals surface area contributed by atoms with Crippen molar-refractivity contribution in [3.63, 3.8) is 0 Å². The Labute approximate surface area is 135 Å². The van der Waals surface area contributed by atoms with E-state index in [0.717, 1.165) is 19.3 Å². The zero-order valence-corrected chi connectivity index (χ0v) is 15.3. The average Bonchev–Trinajstić information content (AvgIpc) is 2.55. The predicted octanol–water partition coefficient (Wildman–Crippen LogP) is 3.98. The zero-order valence-electron chi connectivity index (χ0n) is 15.3. The molecule has 2 fully saturated rings. The molecule has 1 heterocycles. The normalized spacial score (nSPS) is 39.5. The molecule has 0 aromatic carbocycles. The van der Waals surface area contributed by atoms with E-state index in [0.29, 0.717) is 6.42 Å². The van der Waals surface area contributed by atoms with Crippen LogP contribution in [0.4, 0.5) is 4.39 Å². The first-order chi connectivity index (χ1) is 10.0. The zero-order chi connectivity index (χ0) is 16.8. The quantitative estimate of drug-likeness (QED) is 0.631. The molecule has 2 aliphatic rings. The van der Waals surface area contributed by atoms with E-state index >= 15 is 0 Å². The van der Waals surface area contributed by atoms with Crippen LogP contribution in [0.2, 0.25) is 5.82 Å². The first kappa shape index (κ1) is 18.2. The van der Waals surface area contributed by atoms with E-state index in [-0.39, 0.29) is 35.6 Å². The number of hydrogen-bond donors (Lipinski definition) is 1. The van der Waals surface area contributed by atoms with E-state index in [1.807, 2.05) is 7.05 Å². The summed E-state index contributed by atoms with van der Waals surface area (Å²) in [6.45, 7) is 12.5. The van der Waals surface area contributed by atoms with Crippen LogP contribution in [0, 0.1) is 5.92 Å². The molecule has 1 aliphatic heterocycles. The number of halogens is 1. The highest BCUT2D eigenvalue weighted by molar-refractivity contribution is 6.47. The molecule has 1 N–H and O–H groups in total. The van der Waals surface area contributed by atoms with E-state index in [9.17, 15) is 4.39 Å². The molecule has 0 spiro atoms. The molecule has 0 aromatic heterocycles. The van der Waals surface area contributed by atoms with Crippen molar-refractivity contribution in [1.29, 1.82) is 0 Å². The van der Waals surface area contributed by atoms with Gasteiger partial charge in [-0.1, -0.05) is 6.92 Å². The Balaban J connectivity index is 2.15. The lowest BCUT2D eigenvalue weighted by Gasteiger charge is -2.34. The summed E-state index contributed by atoms with van der Waals surface area (Å²) in [4.78, 5) is 0. The van der Waals surface area contributed by atoms with Crippen LogP contribution in [0.1, 0.15) is 67.2 Å². The molecule has 5 heteroatoms. The molecule has 1 saturated heterocycles. The lowest BCUT2D eigenvalue weighted by Crippen LogP contribution is -2.43. The Kier molecular flexibility index (Phi) is 5.02. The van der Waals surface area contributed by atoms with Gasteiger partial charge in [-0.2, -0.15) is 0 Å². The maximum Gasteiger partial charge on any atom is 0.461 e. The van der Waals surface area contributed by atoms with Crippen molar-refractivity contribution in [2.45, 2.75) is 96.0 Å². The van der Waals surface area contributed by atoms with E-state index in [2.05, 4.69) is 46.9 Å². The van der Waals surface area contributed by atoms with Crippen molar-refractivity contribution in [3.05, 3.63) is 0 Å². The van der Waals surface area contributed by atoms with Crippen molar-refractivity contribution in [3.8, 4) is 0 Å². The van der Waals surface area contributed by atoms with Gasteiger partial charge in [0, 0.05) is 5.54 Å². The summed E-state index contributed by atoms with van der Waals surface area (Å²) in [5.74, 6) is 0.0106. The Hall–Kier alpha value is -0.125. The maximum atomic E-state index is 14.7. The lowest BCUT2D eigenvalue weighted by atomic mass is 9.62. The van der Waals surface area contributed by atoms with Gasteiger partial charge >= 0.3 is 7.12 Å². The molecule has 4 atom stereocenters. The Morgan fingerprint density at radius 1 is 1.14 bits per heavy atom. The summed E-state index contributed by atoms with van der Waals surface area (Å²) in [6.07, 6.45) is 2.66. The minimum Gasteiger partial charge on any atom is -0.403 e. The van der Waals surface area contributed by atoms with Crippen LogP contribution in [-0.2, 0) is 9.31 Å². The van der Waals surface area contributed by atoms with Gasteiger partial charge in [-0.25, -0.2) is 4.39 Å². The van der Waals surface area contributed by atoms with Crippen LogP contribution < -0.4 is 5.32 Å². The molecule has 4 unspecified atom stereocenters. The van der Waals surface area contributed by atoms with Crippen LogP contribution >= 0.6 is 0 Å². The van der Waals surface area contributed by atoms with Crippen molar-refractivity contribution in [1.82, 2.24) is 5.32 Å². The molecule has 128 valence electrons. The van der Waals surface area contributed by atoms with Crippen molar-refractivity contribution in [2.75, 3.05) is 7.05 Å². The molecule has 1 saturated carbocycles. The topological polar surface area (TPSA) is 30.5 Å². The van der Waals surface area contributed by atoms with E-state index < -0.39 is 6.17 Å². The van der Waals surface area contributed by atoms with Crippen LogP contribution in [0.3, 0.4) is 0 Å². The second-order valence-corrected chi connectivity index (χ2v) is 8.57. The van der Waals surface area contributed by atoms with Gasteiger partial charge in [0.1, 0.15) is 6.17 Å². The molecular formula is C17H33BFNO2. The third-order valence-corrected chi connectivity index (χ3v) is 6.34. The average molecular weight is 313 g/mol. The SMILES string of the molecule is CNC1(C)CCCC(F)C(C(C)B2OC(C)(C)C(C)(C)O2)C1. The largest absolute Gasteiger partial charge is 0.461 e. The Morgan fingerprint density at radius 2 is 1.68 bits per heavy atom. The van der Waals surface area contributed by atoms with Gasteiger partial charge in [0.2, 0.25) is 0 Å². The summed E-state index contributed by atoms with van der Waals surface area (Å²) in [7, 11) is 1.65. The van der Waals surface area contributed by atoms with Gasteiger partial charge in [-0.3, -0.25) is 0 Å². The van der Waals surface area contributed by atoms with Gasteiger partial charge in [-0.05, 0) is 79.1 Å². The number of rotatable bonds is 3. The fraction of sp³-hybridized carbons (Fsp3) is 1.00. The third kappa shape index (κ3) is 3.36. The van der Waals surface area contributed by atoms with E-state index in [4.69, 9.17) is 9.31 Å². The summed E-state index contributed by atoms with van der Waals surface area (Å²) in [6, 6.07) is 0. The highest BCUT2D eigenvalue weighted by Gasteiger charge is 2.55. The molecule has 22 heavy (non-hydrogen) atoms. The lowest BCUT2D eigenvalue weighted by molar-refractivity contribution is 0.00578. The van der Waals surface area contributed by atoms with Gasteiger partial charge in [0.25, 0.3) is 0 Å². The fourth-order valence-corrected chi connectivity index (χ4v) is 3.70. The molecular weight excluding hydrogens is 280 g/mol. The van der Waals surface area contributed by atoms with Gasteiger partial charge in [0.15, 0.2) is 0 Å². The van der Waals surface area contributed by atoms with Crippen LogP contribution in [0.15, 0.2) is 0 Å². The first-order valence-electron chi connectivity index (χ1n) is 8.70. The van der Waals surface area contributed by atoms with Gasteiger partial charge in [-0.15, -0.1) is 0 Å². The van der Waals surface area contributed by atoms with Gasteiger partial charge in [0.05, 0.1) is 11.2 Å². The van der Waals surface area contributed by atoms with Crippen LogP contribution in [0.25, 0.3) is 0 Å². The molecule has 0 bridgehead atoms. The monoisotopic (exact) mass is 313 g/mol. The second-order valence-electron chi connectivity index (χ2n) is 8.57. The molecule has 0 aromatic rings. The number of alkyl halides is 1. The predicted molar refractivity (Wildman–Crippen MR) is 89.8 cm³/mol. The van der Waals surface area contributed by atoms with Gasteiger partial charge < -0.3 is 14.6 Å². The van der Waals surface area contributed by atoms with Crippen LogP contribution in [-0.4, -0.2) is 37.1 Å². The maximum absolute atomic E-state index is 14.7. The molecule has 2 rings (SSSR count). The highest BCUT2D eigenvalue weighted by atomic mass is 19.1. The van der Waals surface area contributed by atoms with Crippen molar-refractivity contribution >= 4 is 7.12 Å². The third-order valence-electron chi connectivity index (χ3n) is 6.34. The highest BCUT2D eigenvalue weighted by Crippen LogP contribution is 2.46. The summed E-state index contributed by atoms with van der Waals surface area (Å²) < 4.78 is 27.1. The van der Waals surface area contributed by atoms with E-state index in [1.165, 1.54) is 0 Å². The molecule has 3 nitrogen and oxygen atoms in total. The molecule has 0 radical (unpaired) electrons. The summed E-state index contributed by atoms with van der Waals surface area (Å²) in [5.41, 5.74) is -0.701. The standard InChI is InChI=1S/C17H33BFNO2/c1-12(18-21-15(2,3)16(4,5)22-18)13-11-17(6,20-7)10-8-9-14(13)19/h12-14,20H,8-11H2,1-7H3. The Morgan fingerprint density at radius 3 is 2.18 bits per heavy atom. The van der Waals surface area contributed by atoms with E-state index in [1.54, 1.807) is 0 Å². The van der Waals surface area contributed by atoms with Crippen molar-refractivity contribution in [2.24, 2.45) is 5.92 Å². The molecule has 0 amide bonds. The van der Waals surface area contributed by atoms with Crippen molar-refractivity contribution < 1.29 is 13.7 Å². The first-order valence-corrected chi connectivity index (χ1v) is 8.70. The summed E-state index contributed by atoms with van der Waals surface area (Å²) >= 11 is 0.